The second kappa shape index (κ2) is 6.52. The predicted octanol–water partition coefficient (Wildman–Crippen LogP) is 2.14. The van der Waals surface area contributed by atoms with E-state index in [1.807, 2.05) is 0 Å². The summed E-state index contributed by atoms with van der Waals surface area (Å²) in [5.41, 5.74) is 3.87. The molecule has 0 saturated carbocycles. The summed E-state index contributed by atoms with van der Waals surface area (Å²) < 4.78 is 32.1. The van der Waals surface area contributed by atoms with Gasteiger partial charge in [0.1, 0.15) is 29.6 Å². The molecule has 3 aromatic rings. The monoisotopic (exact) mass is 357 g/mol. The van der Waals surface area contributed by atoms with Gasteiger partial charge >= 0.3 is 0 Å². The molecule has 1 aliphatic heterocycles. The smallest absolute Gasteiger partial charge is 0.286 e. The molecule has 2 aromatic heterocycles. The van der Waals surface area contributed by atoms with Crippen molar-refractivity contribution in [3.8, 4) is 0 Å². The number of H-pyrrole nitrogens is 1. The van der Waals surface area contributed by atoms with Crippen LogP contribution in [0.1, 0.15) is 23.1 Å². The normalized spacial score (nSPS) is 16.8. The highest BCUT2D eigenvalue weighted by molar-refractivity contribution is 5.63. The van der Waals surface area contributed by atoms with Crippen LogP contribution in [0.2, 0.25) is 0 Å². The lowest BCUT2D eigenvalue weighted by Gasteiger charge is -2.23. The van der Waals surface area contributed by atoms with E-state index in [1.54, 1.807) is 35.4 Å². The zero-order valence-electron chi connectivity index (χ0n) is 13.3. The Labute approximate surface area is 145 Å². The van der Waals surface area contributed by atoms with Crippen molar-refractivity contribution >= 4 is 5.70 Å². The van der Waals surface area contributed by atoms with E-state index >= 15 is 0 Å². The fraction of sp³-hybridized carbons (Fsp3) is 0.118. The number of hydrazine groups is 1. The van der Waals surface area contributed by atoms with Crippen molar-refractivity contribution in [1.29, 1.82) is 0 Å². The third-order valence-corrected chi connectivity index (χ3v) is 3.97. The van der Waals surface area contributed by atoms with Crippen LogP contribution in [0.4, 0.5) is 8.78 Å². The Morgan fingerprint density at radius 1 is 1.19 bits per heavy atom. The molecule has 132 valence electrons. The van der Waals surface area contributed by atoms with E-state index in [1.165, 1.54) is 12.3 Å². The summed E-state index contributed by atoms with van der Waals surface area (Å²) in [7, 11) is 0. The van der Waals surface area contributed by atoms with Gasteiger partial charge in [-0.25, -0.2) is 14.8 Å². The first-order valence-electron chi connectivity index (χ1n) is 7.76. The number of rotatable bonds is 4. The van der Waals surface area contributed by atoms with Crippen LogP contribution in [-0.2, 0) is 6.54 Å². The molecule has 9 heteroatoms. The topological polar surface area (TPSA) is 87.0 Å². The molecule has 1 atom stereocenters. The molecule has 1 aliphatic rings. The van der Waals surface area contributed by atoms with Gasteiger partial charge in [0.05, 0.1) is 18.4 Å². The van der Waals surface area contributed by atoms with E-state index in [2.05, 4.69) is 20.6 Å². The molecular formula is C17H13F2N5O2. The average molecular weight is 357 g/mol. The second-order valence-electron chi connectivity index (χ2n) is 5.67. The second-order valence-corrected chi connectivity index (χ2v) is 5.67. The van der Waals surface area contributed by atoms with Crippen LogP contribution < -0.4 is 11.0 Å². The molecule has 3 heterocycles. The van der Waals surface area contributed by atoms with Crippen LogP contribution in [0.25, 0.3) is 5.70 Å². The minimum Gasteiger partial charge on any atom is -0.364 e. The number of nitrogens with zero attached hydrogens (tertiary/aromatic N) is 3. The van der Waals surface area contributed by atoms with Gasteiger partial charge < -0.3 is 14.5 Å². The molecule has 0 spiro atoms. The summed E-state index contributed by atoms with van der Waals surface area (Å²) in [6, 6.07) is 7.52. The largest absolute Gasteiger partial charge is 0.364 e. The van der Waals surface area contributed by atoms with Crippen LogP contribution in [0.5, 0.6) is 0 Å². The summed E-state index contributed by atoms with van der Waals surface area (Å²) in [6.07, 6.45) is 4.02. The number of benzene rings is 1. The molecule has 4 rings (SSSR count). The number of aromatic nitrogens is 3. The van der Waals surface area contributed by atoms with Gasteiger partial charge in [0, 0.05) is 11.6 Å². The lowest BCUT2D eigenvalue weighted by Crippen LogP contribution is -2.34. The van der Waals surface area contributed by atoms with Crippen molar-refractivity contribution in [2.24, 2.45) is 0 Å². The summed E-state index contributed by atoms with van der Waals surface area (Å²) in [4.78, 5) is 17.8. The quantitative estimate of drug-likeness (QED) is 0.744. The fourth-order valence-electron chi connectivity index (χ4n) is 2.71. The molecule has 0 amide bonds. The molecule has 7 nitrogen and oxygen atoms in total. The van der Waals surface area contributed by atoms with Gasteiger partial charge in [0.2, 0.25) is 5.82 Å². The van der Waals surface area contributed by atoms with E-state index in [-0.39, 0.29) is 18.2 Å². The maximum Gasteiger partial charge on any atom is 0.286 e. The Kier molecular flexibility index (Phi) is 4.05. The number of aromatic amines is 1. The number of hydrogen-bond donors (Lipinski definition) is 2. The molecule has 0 bridgehead atoms. The van der Waals surface area contributed by atoms with Crippen molar-refractivity contribution < 1.29 is 13.3 Å². The summed E-state index contributed by atoms with van der Waals surface area (Å²) in [6.45, 7) is 0.202. The number of hydrogen-bond acceptors (Lipinski definition) is 6. The van der Waals surface area contributed by atoms with E-state index in [0.29, 0.717) is 17.0 Å². The van der Waals surface area contributed by atoms with E-state index in [4.69, 9.17) is 4.52 Å². The Bertz CT molecular complexity index is 1020. The molecular weight excluding hydrogens is 344 g/mol. The Balaban J connectivity index is 1.68. The molecule has 26 heavy (non-hydrogen) atoms. The summed E-state index contributed by atoms with van der Waals surface area (Å²) in [5, 5.41) is 5.57. The average Bonchev–Trinajstić information content (AvgIpc) is 3.29. The molecule has 1 unspecified atom stereocenters. The number of halogens is 2. The van der Waals surface area contributed by atoms with Gasteiger partial charge in [-0.2, -0.15) is 4.39 Å². The van der Waals surface area contributed by atoms with Gasteiger partial charge in [-0.3, -0.25) is 4.79 Å². The minimum absolute atomic E-state index is 0.202. The zero-order chi connectivity index (χ0) is 18.1. The highest BCUT2D eigenvalue weighted by Gasteiger charge is 2.28. The lowest BCUT2D eigenvalue weighted by molar-refractivity contribution is 0.272. The van der Waals surface area contributed by atoms with Crippen LogP contribution in [0, 0.1) is 11.6 Å². The van der Waals surface area contributed by atoms with Crippen molar-refractivity contribution in [2.75, 3.05) is 0 Å². The van der Waals surface area contributed by atoms with Crippen LogP contribution >= 0.6 is 0 Å². The fourth-order valence-corrected chi connectivity index (χ4v) is 2.71. The highest BCUT2D eigenvalue weighted by atomic mass is 19.1. The first-order chi connectivity index (χ1) is 12.6. The van der Waals surface area contributed by atoms with Gasteiger partial charge in [-0.05, 0) is 12.1 Å². The zero-order valence-corrected chi connectivity index (χ0v) is 13.3. The lowest BCUT2D eigenvalue weighted by atomic mass is 10.2. The molecule has 2 N–H and O–H groups in total. The molecule has 0 radical (unpaired) electrons. The van der Waals surface area contributed by atoms with E-state index in [9.17, 15) is 13.6 Å². The molecule has 0 aliphatic carbocycles. The van der Waals surface area contributed by atoms with Gasteiger partial charge in [-0.1, -0.05) is 23.4 Å². The number of nitrogens with one attached hydrogen (secondary N) is 2. The van der Waals surface area contributed by atoms with Gasteiger partial charge in [-0.15, -0.1) is 0 Å². The first-order valence-corrected chi connectivity index (χ1v) is 7.76. The highest BCUT2D eigenvalue weighted by Crippen LogP contribution is 2.29. The van der Waals surface area contributed by atoms with E-state index in [0.717, 1.165) is 6.20 Å². The van der Waals surface area contributed by atoms with Crippen molar-refractivity contribution in [1.82, 2.24) is 25.6 Å². The molecule has 1 aromatic carbocycles. The third-order valence-electron chi connectivity index (χ3n) is 3.97. The third kappa shape index (κ3) is 3.00. The van der Waals surface area contributed by atoms with Crippen LogP contribution in [0.15, 0.2) is 58.2 Å². The van der Waals surface area contributed by atoms with Crippen molar-refractivity contribution in [3.63, 3.8) is 0 Å². The van der Waals surface area contributed by atoms with Gasteiger partial charge in [0.15, 0.2) is 0 Å². The van der Waals surface area contributed by atoms with E-state index < -0.39 is 17.4 Å². The maximum absolute atomic E-state index is 14.0. The standard InChI is InChI=1S/C17H13F2N5O2/c18-11-4-2-1-3-10(11)9-24-15(13-5-6-26-23-13)7-14(22-24)16-20-8-12(19)17(25)21-16/h1-8,14,22H,9H2,(H,20,21,25). The molecule has 0 saturated heterocycles. The first kappa shape index (κ1) is 16.2. The maximum atomic E-state index is 14.0. The van der Waals surface area contributed by atoms with Crippen molar-refractivity contribution in [2.45, 2.75) is 12.6 Å². The van der Waals surface area contributed by atoms with Crippen molar-refractivity contribution in [3.05, 3.63) is 87.9 Å². The Morgan fingerprint density at radius 3 is 2.77 bits per heavy atom. The summed E-state index contributed by atoms with van der Waals surface area (Å²) in [5.74, 6) is -1.07. The minimum atomic E-state index is -0.962. The summed E-state index contributed by atoms with van der Waals surface area (Å²) >= 11 is 0. The SMILES string of the molecule is O=c1[nH]c(C2C=C(c3ccon3)N(Cc3ccccc3F)N2)ncc1F. The Hall–Kier alpha value is -3.33. The van der Waals surface area contributed by atoms with Gasteiger partial charge in [0.25, 0.3) is 5.56 Å². The van der Waals surface area contributed by atoms with Crippen LogP contribution in [-0.4, -0.2) is 20.1 Å². The predicted molar refractivity (Wildman–Crippen MR) is 87.1 cm³/mol. The Morgan fingerprint density at radius 2 is 2.04 bits per heavy atom. The van der Waals surface area contributed by atoms with Crippen LogP contribution in [0.3, 0.4) is 0 Å². The molecule has 0 fully saturated rings.